The number of halogens is 2. The number of ether oxygens (including phenoxy) is 2. The number of hydrogen-bond donors (Lipinski definition) is 1. The summed E-state index contributed by atoms with van der Waals surface area (Å²) in [6.45, 7) is 0.907. The third-order valence-corrected chi connectivity index (χ3v) is 6.24. The Balaban J connectivity index is 1.45. The van der Waals surface area contributed by atoms with Gasteiger partial charge in [0, 0.05) is 25.1 Å². The van der Waals surface area contributed by atoms with Crippen molar-refractivity contribution in [1.82, 2.24) is 10.2 Å². The van der Waals surface area contributed by atoms with E-state index in [1.54, 1.807) is 12.1 Å². The van der Waals surface area contributed by atoms with Gasteiger partial charge in [-0.3, -0.25) is 0 Å². The maximum atomic E-state index is 14.4. The van der Waals surface area contributed by atoms with E-state index in [1.165, 1.54) is 13.2 Å². The number of methoxy groups -OCH3 is 1. The lowest BCUT2D eigenvalue weighted by atomic mass is 9.94. The van der Waals surface area contributed by atoms with Gasteiger partial charge in [0.1, 0.15) is 6.67 Å². The lowest BCUT2D eigenvalue weighted by molar-refractivity contribution is 0.0485. The Morgan fingerprint density at radius 2 is 2.00 bits per heavy atom. The van der Waals surface area contributed by atoms with Gasteiger partial charge in [0.25, 0.3) is 0 Å². The van der Waals surface area contributed by atoms with E-state index in [1.807, 2.05) is 41.3 Å². The Bertz CT molecular complexity index is 1110. The Morgan fingerprint density at radius 1 is 1.16 bits per heavy atom. The van der Waals surface area contributed by atoms with Gasteiger partial charge in [-0.05, 0) is 23.8 Å². The number of fused-ring (bicyclic) bond motifs is 3. The van der Waals surface area contributed by atoms with Gasteiger partial charge >= 0.3 is 0 Å². The normalized spacial score (nSPS) is 21.6. The first-order valence-electron chi connectivity index (χ1n) is 10.6. The fourth-order valence-corrected chi connectivity index (χ4v) is 4.60. The zero-order valence-electron chi connectivity index (χ0n) is 17.7. The van der Waals surface area contributed by atoms with Gasteiger partial charge < -0.3 is 19.7 Å². The molecule has 3 heterocycles. The fourth-order valence-electron chi connectivity index (χ4n) is 4.60. The number of nitrogens with zero attached hydrogens (tertiary/aromatic N) is 3. The van der Waals surface area contributed by atoms with Crippen molar-refractivity contribution in [1.29, 1.82) is 0 Å². The minimum Gasteiger partial charge on any atom is -0.493 e. The van der Waals surface area contributed by atoms with Crippen LogP contribution >= 0.6 is 0 Å². The zero-order chi connectivity index (χ0) is 22.1. The standard InChI is InChI=1S/C24H24F2N4O2/c1-31-22-18(8-5-9-19(22)26)20-10-21-23(29-28-20)27-15-24(14-25)11-17(12-30(21)24)32-13-16-6-3-2-4-7-16/h2-10,17H,11-15H2,1H3,(H,27,29). The summed E-state index contributed by atoms with van der Waals surface area (Å²) in [6.07, 6.45) is 0.433. The molecule has 0 bridgehead atoms. The Labute approximate surface area is 185 Å². The van der Waals surface area contributed by atoms with Crippen molar-refractivity contribution in [2.24, 2.45) is 0 Å². The predicted octanol–water partition coefficient (Wildman–Crippen LogP) is 4.22. The Morgan fingerprint density at radius 3 is 2.78 bits per heavy atom. The Hall–Kier alpha value is -3.26. The van der Waals surface area contributed by atoms with Crippen LogP contribution in [0.4, 0.5) is 20.3 Å². The first-order valence-corrected chi connectivity index (χ1v) is 10.6. The van der Waals surface area contributed by atoms with Crippen LogP contribution in [-0.2, 0) is 11.3 Å². The van der Waals surface area contributed by atoms with Crippen molar-refractivity contribution in [3.05, 3.63) is 66.0 Å². The van der Waals surface area contributed by atoms with Gasteiger partial charge in [-0.2, -0.15) is 0 Å². The van der Waals surface area contributed by atoms with Gasteiger partial charge in [-0.25, -0.2) is 8.78 Å². The minimum atomic E-state index is -0.722. The molecule has 1 aromatic heterocycles. The molecule has 1 N–H and O–H groups in total. The number of hydrogen-bond acceptors (Lipinski definition) is 6. The third kappa shape index (κ3) is 3.54. The van der Waals surface area contributed by atoms with Crippen molar-refractivity contribution in [2.75, 3.05) is 37.1 Å². The lowest BCUT2D eigenvalue weighted by Crippen LogP contribution is -2.54. The van der Waals surface area contributed by atoms with E-state index in [0.717, 1.165) is 11.3 Å². The van der Waals surface area contributed by atoms with E-state index >= 15 is 0 Å². The second-order valence-electron chi connectivity index (χ2n) is 8.23. The summed E-state index contributed by atoms with van der Waals surface area (Å²) in [5.74, 6) is 0.209. The van der Waals surface area contributed by atoms with Crippen molar-refractivity contribution in [3.63, 3.8) is 0 Å². The summed E-state index contributed by atoms with van der Waals surface area (Å²) in [5.41, 5.74) is 2.05. The molecule has 2 aliphatic rings. The first kappa shape index (κ1) is 20.6. The second-order valence-corrected chi connectivity index (χ2v) is 8.23. The van der Waals surface area contributed by atoms with Crippen LogP contribution in [0, 0.1) is 5.82 Å². The van der Waals surface area contributed by atoms with Crippen LogP contribution in [0.2, 0.25) is 0 Å². The number of alkyl halides is 1. The summed E-state index contributed by atoms with van der Waals surface area (Å²) in [4.78, 5) is 2.03. The molecule has 1 saturated heterocycles. The molecule has 166 valence electrons. The van der Waals surface area contributed by atoms with Crippen LogP contribution in [0.5, 0.6) is 5.75 Å². The number of benzene rings is 2. The molecule has 1 fully saturated rings. The fraction of sp³-hybridized carbons (Fsp3) is 0.333. The molecule has 0 radical (unpaired) electrons. The quantitative estimate of drug-likeness (QED) is 0.622. The first-order chi connectivity index (χ1) is 15.6. The molecule has 5 rings (SSSR count). The highest BCUT2D eigenvalue weighted by atomic mass is 19.1. The number of aromatic nitrogens is 2. The van der Waals surface area contributed by atoms with E-state index in [0.29, 0.717) is 43.2 Å². The zero-order valence-corrected chi connectivity index (χ0v) is 17.7. The van der Waals surface area contributed by atoms with E-state index in [4.69, 9.17) is 9.47 Å². The third-order valence-electron chi connectivity index (χ3n) is 6.24. The maximum absolute atomic E-state index is 14.4. The van der Waals surface area contributed by atoms with Crippen LogP contribution < -0.4 is 15.0 Å². The minimum absolute atomic E-state index is 0.104. The summed E-state index contributed by atoms with van der Waals surface area (Å²) >= 11 is 0. The lowest BCUT2D eigenvalue weighted by Gasteiger charge is -2.42. The van der Waals surface area contributed by atoms with Gasteiger partial charge in [-0.15, -0.1) is 10.2 Å². The highest BCUT2D eigenvalue weighted by Gasteiger charge is 2.49. The molecule has 8 heteroatoms. The highest BCUT2D eigenvalue weighted by molar-refractivity contribution is 5.77. The molecule has 0 aliphatic carbocycles. The van der Waals surface area contributed by atoms with Crippen molar-refractivity contribution < 1.29 is 18.3 Å². The van der Waals surface area contributed by atoms with Crippen LogP contribution in [0.25, 0.3) is 11.3 Å². The summed E-state index contributed by atoms with van der Waals surface area (Å²) in [7, 11) is 1.42. The van der Waals surface area contributed by atoms with Crippen LogP contribution in [-0.4, -0.2) is 48.7 Å². The monoisotopic (exact) mass is 438 g/mol. The molecule has 0 amide bonds. The van der Waals surface area contributed by atoms with Crippen LogP contribution in [0.3, 0.4) is 0 Å². The van der Waals surface area contributed by atoms with E-state index in [-0.39, 0.29) is 11.9 Å². The number of rotatable bonds is 6. The molecule has 0 spiro atoms. The molecule has 3 aromatic rings. The number of nitrogens with one attached hydrogen (secondary N) is 1. The van der Waals surface area contributed by atoms with Crippen molar-refractivity contribution in [2.45, 2.75) is 24.7 Å². The average Bonchev–Trinajstić information content (AvgIpc) is 3.23. The SMILES string of the molecule is COc1c(F)cccc1-c1cc2c(nn1)NCC1(CF)CC(OCc3ccccc3)CN21. The highest BCUT2D eigenvalue weighted by Crippen LogP contribution is 2.44. The second kappa shape index (κ2) is 8.35. The summed E-state index contributed by atoms with van der Waals surface area (Å²) in [5, 5.41) is 11.8. The van der Waals surface area contributed by atoms with Crippen molar-refractivity contribution >= 4 is 11.5 Å². The molecule has 2 atom stereocenters. The smallest absolute Gasteiger partial charge is 0.172 e. The predicted molar refractivity (Wildman–Crippen MR) is 118 cm³/mol. The molecular weight excluding hydrogens is 414 g/mol. The van der Waals surface area contributed by atoms with Gasteiger partial charge in [0.15, 0.2) is 17.4 Å². The van der Waals surface area contributed by atoms with E-state index < -0.39 is 18.0 Å². The van der Waals surface area contributed by atoms with E-state index in [2.05, 4.69) is 15.5 Å². The van der Waals surface area contributed by atoms with Crippen LogP contribution in [0.1, 0.15) is 12.0 Å². The summed E-state index contributed by atoms with van der Waals surface area (Å²) in [6, 6.07) is 16.4. The summed E-state index contributed by atoms with van der Waals surface area (Å²) < 4.78 is 40.0. The topological polar surface area (TPSA) is 59.5 Å². The molecule has 2 unspecified atom stereocenters. The van der Waals surface area contributed by atoms with Crippen LogP contribution in [0.15, 0.2) is 54.6 Å². The molecule has 6 nitrogen and oxygen atoms in total. The van der Waals surface area contributed by atoms with Crippen molar-refractivity contribution in [3.8, 4) is 17.0 Å². The largest absolute Gasteiger partial charge is 0.493 e. The van der Waals surface area contributed by atoms with Gasteiger partial charge in [0.05, 0.1) is 36.7 Å². The average molecular weight is 438 g/mol. The molecule has 2 aliphatic heterocycles. The van der Waals surface area contributed by atoms with Gasteiger partial charge in [0.2, 0.25) is 0 Å². The van der Waals surface area contributed by atoms with Gasteiger partial charge in [-0.1, -0.05) is 36.4 Å². The molecule has 0 saturated carbocycles. The molecule has 32 heavy (non-hydrogen) atoms. The van der Waals surface area contributed by atoms with E-state index in [9.17, 15) is 8.78 Å². The molecule has 2 aromatic carbocycles. The number of para-hydroxylation sites is 1. The molecular formula is C24H24F2N4O2. The Kier molecular flexibility index (Phi) is 5.38. The maximum Gasteiger partial charge on any atom is 0.172 e. The number of anilines is 2.